The number of Topliss-reactive ketones (excluding diaryl/α,β-unsaturated/α-hetero) is 2. The van der Waals surface area contributed by atoms with Gasteiger partial charge in [-0.1, -0.05) is 18.2 Å². The first-order chi connectivity index (χ1) is 37.2. The zero-order chi connectivity index (χ0) is 57.1. The number of ketones is 3. The van der Waals surface area contributed by atoms with E-state index in [0.29, 0.717) is 41.4 Å². The summed E-state index contributed by atoms with van der Waals surface area (Å²) in [7, 11) is -15.3. The molecule has 6 N–H and O–H groups in total. The van der Waals surface area contributed by atoms with Crippen LogP contribution in [0.2, 0.25) is 0 Å². The van der Waals surface area contributed by atoms with Crippen LogP contribution in [0.25, 0.3) is 6.08 Å². The summed E-state index contributed by atoms with van der Waals surface area (Å²) in [6, 6.07) is 18.6. The van der Waals surface area contributed by atoms with Gasteiger partial charge in [0.25, 0.3) is 0 Å². The van der Waals surface area contributed by atoms with Crippen molar-refractivity contribution < 1.29 is 226 Å². The topological polar surface area (TPSA) is 460 Å². The zero-order valence-corrected chi connectivity index (χ0v) is 57.3. The average Bonchev–Trinajstić information content (AvgIpc) is 3.01. The zero-order valence-electron chi connectivity index (χ0n) is 44.8. The van der Waals surface area contributed by atoms with Crippen LogP contribution in [-0.2, 0) is 49.5 Å². The number of ether oxygens (including phenoxy) is 1. The van der Waals surface area contributed by atoms with Crippen LogP contribution in [0.3, 0.4) is 0 Å². The smallest absolute Gasteiger partial charge is 0.744 e. The van der Waals surface area contributed by atoms with Crippen LogP contribution in [-0.4, -0.2) is 107 Å². The van der Waals surface area contributed by atoms with E-state index in [9.17, 15) is 73.1 Å². The molecule has 0 fully saturated rings. The first-order valence-electron chi connectivity index (χ1n) is 21.8. The first-order valence-corrected chi connectivity index (χ1v) is 26.1. The molecule has 3 aliphatic carbocycles. The van der Waals surface area contributed by atoms with E-state index in [2.05, 4.69) is 62.5 Å². The van der Waals surface area contributed by atoms with Crippen LogP contribution < -0.4 is 195 Å². The fourth-order valence-corrected chi connectivity index (χ4v) is 9.01. The summed E-state index contributed by atoms with van der Waals surface area (Å²) < 4.78 is 117. The first kappa shape index (κ1) is 73.1. The van der Waals surface area contributed by atoms with Crippen molar-refractivity contribution in [2.24, 2.45) is 15.3 Å². The van der Waals surface area contributed by atoms with Gasteiger partial charge in [-0.05, 0) is 109 Å². The van der Waals surface area contributed by atoms with Gasteiger partial charge >= 0.3 is 148 Å². The molecular formula is C47H31N12Na5O17S3. The monoisotopic (exact) mass is 1250 g/mol. The van der Waals surface area contributed by atoms with Gasteiger partial charge in [-0.2, -0.15) is 30.3 Å². The molecule has 0 spiro atoms. The Kier molecular flexibility index (Phi) is 26.5. The van der Waals surface area contributed by atoms with Crippen LogP contribution in [0.5, 0.6) is 5.75 Å². The van der Waals surface area contributed by atoms with Crippen LogP contribution >= 0.6 is 0 Å². The van der Waals surface area contributed by atoms with Gasteiger partial charge in [0.05, 0.1) is 68.6 Å². The minimum absolute atomic E-state index is 0. The van der Waals surface area contributed by atoms with E-state index in [1.807, 2.05) is 0 Å². The Morgan fingerprint density at radius 1 is 0.536 bits per heavy atom. The number of nitrogens with zero attached hydrogens (tertiary/aromatic N) is 6. The molecule has 0 unspecified atom stereocenters. The molecule has 4 aromatic carbocycles. The molecule has 37 heteroatoms. The number of carbonyl (C=O) groups is 5. The predicted molar refractivity (Wildman–Crippen MR) is 273 cm³/mol. The molecule has 3 aliphatic rings. The van der Waals surface area contributed by atoms with Gasteiger partial charge in [-0.15, -0.1) is 0 Å². The van der Waals surface area contributed by atoms with Gasteiger partial charge in [0.1, 0.15) is 46.7 Å². The number of para-hydroxylation sites is 1. The number of aliphatic carboxylic acids is 2. The molecule has 0 amide bonds. The van der Waals surface area contributed by atoms with Crippen molar-refractivity contribution in [2.75, 3.05) is 39.3 Å². The normalized spacial score (nSPS) is 15.1. The number of anilines is 9. The third kappa shape index (κ3) is 18.0. The molecule has 1 aromatic heterocycles. The molecule has 0 saturated heterocycles. The van der Waals surface area contributed by atoms with E-state index in [4.69, 9.17) is 4.74 Å². The second kappa shape index (κ2) is 30.5. The maximum Gasteiger partial charge on any atom is 1.00 e. The molecule has 0 saturated carbocycles. The Morgan fingerprint density at radius 2 is 1.07 bits per heavy atom. The summed E-state index contributed by atoms with van der Waals surface area (Å²) in [6.07, 6.45) is 5.14. The molecule has 404 valence electrons. The van der Waals surface area contributed by atoms with Crippen molar-refractivity contribution in [3.8, 4) is 5.75 Å². The van der Waals surface area contributed by atoms with Gasteiger partial charge < -0.3 is 54.1 Å². The number of hydrogen-bond acceptors (Lipinski definition) is 29. The standard InChI is InChI=1S/C47H36N12O17S3.5Na/c1-22-14-33(36(76-2)21-32(22)57-56-28-18-31(44(65)66)41(61)38(19-28)79(73,74)75)58-59-40-37(78(70,71)72)16-23-15-29(77(67,68)69)20-34(39(23)42(40)62)50-47-52-45(48-24-6-4-3-5-7-24)51-46(53-47)49-25-8-10-26(11-9-25)54-55-27-12-13-35(60)30(17-27)43(63)64;;;;;/h3-21,54,57-58H,1-2H3,(H,63,64)(H,65,66)(H,67,68,69)(H,70,71,72)(H,73,74,75)(H3,48,49,50,51,52,53);;;;;/q;5*+1/p-5/b55-27-,56-28+,59-40+;;;;;. The van der Waals surface area contributed by atoms with E-state index in [1.54, 1.807) is 54.6 Å². The SMILES string of the molecule is COc1cc(N/N=C2\C=C(C(=O)[O-])C(=O)C(S(=O)(=O)[O-])=C2)c(C)cc1N/N=C1/C(=O)c2c(cc(S(=O)(=O)[O-])cc2Nc2nc(Nc3ccccc3)nc(Nc3ccc(N/N=C4/C=CC(=O)C(C(=O)[O-])=C4)cc3)n2)C=C1S(=O)(=O)[O-].[Na+].[Na+].[Na+].[Na+].[Na+]. The number of methoxy groups -OCH3 is 1. The molecule has 0 radical (unpaired) electrons. The van der Waals surface area contributed by atoms with Crippen LogP contribution in [0.15, 0.2) is 150 Å². The van der Waals surface area contributed by atoms with Crippen molar-refractivity contribution in [2.45, 2.75) is 11.8 Å². The Labute approximate surface area is 587 Å². The quantitative estimate of drug-likeness (QED) is 0.0156. The van der Waals surface area contributed by atoms with E-state index in [1.165, 1.54) is 25.1 Å². The summed E-state index contributed by atoms with van der Waals surface area (Å²) in [5.41, 5.74) is 4.30. The number of aromatic nitrogens is 3. The van der Waals surface area contributed by atoms with Crippen molar-refractivity contribution in [1.82, 2.24) is 15.0 Å². The number of allylic oxidation sites excluding steroid dienone is 7. The minimum Gasteiger partial charge on any atom is -0.744 e. The van der Waals surface area contributed by atoms with Crippen LogP contribution in [0.4, 0.5) is 52.0 Å². The Morgan fingerprint density at radius 3 is 1.63 bits per heavy atom. The predicted octanol–water partition coefficient (Wildman–Crippen LogP) is -14.1. The number of rotatable bonds is 18. The number of hydrogen-bond donors (Lipinski definition) is 6. The molecular weight excluding hydrogens is 1220 g/mol. The largest absolute Gasteiger partial charge is 1.00 e. The van der Waals surface area contributed by atoms with Gasteiger partial charge in [0.2, 0.25) is 29.4 Å². The van der Waals surface area contributed by atoms with E-state index < -0.39 is 120 Å². The van der Waals surface area contributed by atoms with Gasteiger partial charge in [-0.3, -0.25) is 30.7 Å². The second-order valence-corrected chi connectivity index (χ2v) is 20.3. The van der Waals surface area contributed by atoms with E-state index >= 15 is 0 Å². The van der Waals surface area contributed by atoms with Crippen molar-refractivity contribution >= 4 is 135 Å². The van der Waals surface area contributed by atoms with E-state index in [-0.39, 0.29) is 188 Å². The molecule has 5 aromatic rings. The third-order valence-corrected chi connectivity index (χ3v) is 13.4. The maximum absolute atomic E-state index is 14.6. The molecule has 29 nitrogen and oxygen atoms in total. The number of hydrazone groups is 3. The second-order valence-electron chi connectivity index (χ2n) is 16.2. The van der Waals surface area contributed by atoms with Gasteiger partial charge in [0, 0.05) is 28.6 Å². The van der Waals surface area contributed by atoms with Crippen molar-refractivity contribution in [1.29, 1.82) is 0 Å². The number of fused-ring (bicyclic) bond motifs is 1. The van der Waals surface area contributed by atoms with E-state index in [0.717, 1.165) is 25.3 Å². The Hall–Kier alpha value is -5.12. The third-order valence-electron chi connectivity index (χ3n) is 10.9. The molecule has 0 aliphatic heterocycles. The summed E-state index contributed by atoms with van der Waals surface area (Å²) in [5, 5.41) is 43.4. The van der Waals surface area contributed by atoms with Crippen molar-refractivity contribution in [3.05, 3.63) is 147 Å². The number of carboxylic acids is 2. The van der Waals surface area contributed by atoms with Gasteiger partial charge in [-0.25, -0.2) is 25.3 Å². The number of aryl methyl sites for hydroxylation is 1. The fraction of sp³-hybridized carbons (Fsp3) is 0.0426. The van der Waals surface area contributed by atoms with Crippen molar-refractivity contribution in [3.63, 3.8) is 0 Å². The number of benzene rings is 4. The molecule has 84 heavy (non-hydrogen) atoms. The Bertz CT molecular complexity index is 4130. The van der Waals surface area contributed by atoms with Crippen LogP contribution in [0, 0.1) is 6.92 Å². The number of nitrogens with one attached hydrogen (secondary N) is 6. The molecule has 1 heterocycles. The maximum atomic E-state index is 14.6. The number of carboxylic acid groups (broad SMARTS) is 2. The summed E-state index contributed by atoms with van der Waals surface area (Å²) in [4.78, 5) is 70.9. The summed E-state index contributed by atoms with van der Waals surface area (Å²) in [5.74, 6) is -8.33. The molecule has 0 atom stereocenters. The van der Waals surface area contributed by atoms with Crippen LogP contribution in [0.1, 0.15) is 21.5 Å². The van der Waals surface area contributed by atoms with Gasteiger partial charge in [0.15, 0.2) is 5.78 Å². The Balaban J connectivity index is 0.00000370. The molecule has 0 bridgehead atoms. The fourth-order valence-electron chi connectivity index (χ4n) is 7.23. The summed E-state index contributed by atoms with van der Waals surface area (Å²) in [6.45, 7) is 1.46. The molecule has 8 rings (SSSR count). The number of carbonyl (C=O) groups excluding carboxylic acids is 5. The minimum atomic E-state index is -5.65. The average molecular weight is 1250 g/mol. The summed E-state index contributed by atoms with van der Waals surface area (Å²) >= 11 is 0.